The summed E-state index contributed by atoms with van der Waals surface area (Å²) in [5.74, 6) is 0. The van der Waals surface area contributed by atoms with Crippen LogP contribution in [0, 0.1) is 0 Å². The summed E-state index contributed by atoms with van der Waals surface area (Å²) in [6, 6.07) is 0. The van der Waals surface area contributed by atoms with E-state index in [0.29, 0.717) is 4.67 Å². The lowest BCUT2D eigenvalue weighted by atomic mass is 10.3. The van der Waals surface area contributed by atoms with Crippen molar-refractivity contribution in [2.45, 2.75) is 13.8 Å². The Kier molecular flexibility index (Phi) is 3.93. The van der Waals surface area contributed by atoms with E-state index >= 15 is 0 Å². The third-order valence-corrected chi connectivity index (χ3v) is 1.58. The lowest BCUT2D eigenvalue weighted by molar-refractivity contribution is 0.251. The molecule has 52 valence electrons. The zero-order chi connectivity index (χ0) is 7.44. The molecule has 0 amide bonds. The summed E-state index contributed by atoms with van der Waals surface area (Å²) in [6.45, 7) is 3.57. The van der Waals surface area contributed by atoms with Crippen LogP contribution in [0.3, 0.4) is 0 Å². The Hall–Kier alpha value is 0.00494. The van der Waals surface area contributed by atoms with E-state index in [-0.39, 0.29) is 0 Å². The molecule has 0 atom stereocenters. The quantitative estimate of drug-likeness (QED) is 0.501. The van der Waals surface area contributed by atoms with Crippen molar-refractivity contribution in [2.75, 3.05) is 0 Å². The normalized spacial score (nSPS) is 8.56. The van der Waals surface area contributed by atoms with Crippen LogP contribution in [0.25, 0.3) is 0 Å². The molecule has 0 aliphatic heterocycles. The minimum Gasteiger partial charge on any atom is -0.507 e. The summed E-state index contributed by atoms with van der Waals surface area (Å²) in [5.41, 5.74) is 0.850. The molecule has 0 unspecified atom stereocenters. The molecule has 0 aliphatic rings. The highest BCUT2D eigenvalue weighted by molar-refractivity contribution is 9.11. The Bertz CT molecular complexity index is 119. The molecule has 0 aromatic heterocycles. The van der Waals surface area contributed by atoms with Gasteiger partial charge in [-0.2, -0.15) is 0 Å². The van der Waals surface area contributed by atoms with Crippen molar-refractivity contribution in [3.63, 3.8) is 0 Å². The van der Waals surface area contributed by atoms with E-state index in [9.17, 15) is 0 Å². The Morgan fingerprint density at radius 1 is 1.44 bits per heavy atom. The first-order chi connectivity index (χ1) is 4.04. The molecule has 0 aromatic rings. The molecule has 0 aromatic carbocycles. The van der Waals surface area contributed by atoms with Gasteiger partial charge in [0.2, 0.25) is 0 Å². The van der Waals surface area contributed by atoms with Crippen LogP contribution in [0.2, 0.25) is 0 Å². The van der Waals surface area contributed by atoms with E-state index < -0.39 is 7.32 Å². The third kappa shape index (κ3) is 4.50. The summed E-state index contributed by atoms with van der Waals surface area (Å²) in [5, 5.41) is 16.5. The van der Waals surface area contributed by atoms with Crippen molar-refractivity contribution >= 4 is 23.3 Å². The number of allylic oxidation sites excluding steroid dienone is 1. The zero-order valence-corrected chi connectivity index (χ0v) is 6.84. The van der Waals surface area contributed by atoms with Gasteiger partial charge in [-0.3, -0.25) is 0 Å². The fourth-order valence-electron chi connectivity index (χ4n) is 0.210. The maximum absolute atomic E-state index is 8.24. The van der Waals surface area contributed by atoms with Crippen LogP contribution in [0.15, 0.2) is 10.2 Å². The van der Waals surface area contributed by atoms with Crippen LogP contribution < -0.4 is 0 Å². The van der Waals surface area contributed by atoms with Crippen LogP contribution in [-0.2, 0) is 4.65 Å². The highest BCUT2D eigenvalue weighted by Gasteiger charge is 2.11. The molecule has 5 heteroatoms. The maximum atomic E-state index is 8.24. The molecule has 0 fully saturated rings. The summed E-state index contributed by atoms with van der Waals surface area (Å²) in [6.07, 6.45) is 0. The van der Waals surface area contributed by atoms with Crippen LogP contribution in [0.1, 0.15) is 13.8 Å². The molecule has 0 saturated carbocycles. The van der Waals surface area contributed by atoms with Gasteiger partial charge in [0.1, 0.15) is 4.67 Å². The van der Waals surface area contributed by atoms with Crippen LogP contribution >= 0.6 is 15.9 Å². The Morgan fingerprint density at radius 3 is 2.00 bits per heavy atom. The van der Waals surface area contributed by atoms with E-state index in [0.717, 1.165) is 5.57 Å². The highest BCUT2D eigenvalue weighted by Crippen LogP contribution is 2.12. The first-order valence-electron chi connectivity index (χ1n) is 2.40. The Balaban J connectivity index is 3.77. The predicted molar refractivity (Wildman–Crippen MR) is 38.6 cm³/mol. The molecule has 0 heterocycles. The predicted octanol–water partition coefficient (Wildman–Crippen LogP) is 0.619. The molecule has 0 rings (SSSR count). The largest absolute Gasteiger partial charge is 0.707 e. The van der Waals surface area contributed by atoms with Gasteiger partial charge in [0.15, 0.2) is 0 Å². The second-order valence-corrected chi connectivity index (χ2v) is 2.44. The van der Waals surface area contributed by atoms with E-state index in [1.807, 2.05) is 0 Å². The fourth-order valence-corrected chi connectivity index (χ4v) is 0.378. The highest BCUT2D eigenvalue weighted by atomic mass is 79.9. The Morgan fingerprint density at radius 2 is 1.89 bits per heavy atom. The van der Waals surface area contributed by atoms with Crippen LogP contribution in [-0.4, -0.2) is 17.4 Å². The maximum Gasteiger partial charge on any atom is 0.707 e. The lowest BCUT2D eigenvalue weighted by Gasteiger charge is -2.02. The molecule has 0 saturated heterocycles. The third-order valence-electron chi connectivity index (χ3n) is 0.602. The van der Waals surface area contributed by atoms with Gasteiger partial charge in [-0.1, -0.05) is 0 Å². The molecule has 0 aliphatic carbocycles. The number of hydrogen-bond donors (Lipinski definition) is 2. The van der Waals surface area contributed by atoms with Gasteiger partial charge in [-0.15, -0.1) is 0 Å². The van der Waals surface area contributed by atoms with Gasteiger partial charge >= 0.3 is 7.32 Å². The number of halogens is 1. The molecule has 0 bridgehead atoms. The molecular weight excluding hydrogens is 187 g/mol. The van der Waals surface area contributed by atoms with Gasteiger partial charge in [0.25, 0.3) is 0 Å². The smallest absolute Gasteiger partial charge is 0.507 e. The fraction of sp³-hybridized carbons (Fsp3) is 0.500. The van der Waals surface area contributed by atoms with Crippen LogP contribution in [0.4, 0.5) is 0 Å². The molecule has 3 nitrogen and oxygen atoms in total. The van der Waals surface area contributed by atoms with Gasteiger partial charge in [0, 0.05) is 0 Å². The topological polar surface area (TPSA) is 49.7 Å². The number of rotatable bonds is 2. The summed E-state index contributed by atoms with van der Waals surface area (Å²) in [4.78, 5) is 0. The first-order valence-corrected chi connectivity index (χ1v) is 3.19. The standard InChI is InChI=1S/C4H8BBrO3/c1-3(2)4(6)9-5(7)8/h7-8H,1-2H3. The molecule has 9 heavy (non-hydrogen) atoms. The SMILES string of the molecule is CC(C)=C(Br)OB(O)O. The minimum absolute atomic E-state index is 0.359. The average molecular weight is 195 g/mol. The molecule has 0 radical (unpaired) electrons. The van der Waals surface area contributed by atoms with Crippen molar-refractivity contribution < 1.29 is 14.7 Å². The van der Waals surface area contributed by atoms with Crippen molar-refractivity contribution in [1.29, 1.82) is 0 Å². The van der Waals surface area contributed by atoms with Gasteiger partial charge in [-0.05, 0) is 35.4 Å². The number of hydrogen-bond acceptors (Lipinski definition) is 3. The second kappa shape index (κ2) is 3.92. The molecule has 2 N–H and O–H groups in total. The lowest BCUT2D eigenvalue weighted by Crippen LogP contribution is -2.14. The van der Waals surface area contributed by atoms with Gasteiger partial charge in [-0.25, -0.2) is 0 Å². The van der Waals surface area contributed by atoms with E-state index in [1.54, 1.807) is 13.8 Å². The van der Waals surface area contributed by atoms with Gasteiger partial charge in [0.05, 0.1) is 0 Å². The van der Waals surface area contributed by atoms with Crippen molar-refractivity contribution in [3.05, 3.63) is 10.2 Å². The summed E-state index contributed by atoms with van der Waals surface area (Å²) < 4.78 is 4.78. The average Bonchev–Trinajstić information content (AvgIpc) is 1.63. The van der Waals surface area contributed by atoms with E-state index in [1.165, 1.54) is 0 Å². The summed E-state index contributed by atoms with van der Waals surface area (Å²) >= 11 is 2.98. The van der Waals surface area contributed by atoms with Crippen molar-refractivity contribution in [1.82, 2.24) is 0 Å². The zero-order valence-electron chi connectivity index (χ0n) is 5.26. The van der Waals surface area contributed by atoms with Crippen molar-refractivity contribution in [3.8, 4) is 0 Å². The van der Waals surface area contributed by atoms with Gasteiger partial charge < -0.3 is 14.7 Å². The molecular formula is C4H8BBrO3. The van der Waals surface area contributed by atoms with Crippen LogP contribution in [0.5, 0.6) is 0 Å². The second-order valence-electron chi connectivity index (χ2n) is 1.72. The van der Waals surface area contributed by atoms with Crippen molar-refractivity contribution in [2.24, 2.45) is 0 Å². The monoisotopic (exact) mass is 194 g/mol. The molecule has 0 spiro atoms. The van der Waals surface area contributed by atoms with E-state index in [2.05, 4.69) is 20.6 Å². The Labute approximate surface area is 62.6 Å². The first kappa shape index (κ1) is 9.00. The summed E-state index contributed by atoms with van der Waals surface area (Å²) in [7, 11) is -1.74. The minimum atomic E-state index is -1.74. The van der Waals surface area contributed by atoms with E-state index in [4.69, 9.17) is 10.0 Å².